The zero-order valence-electron chi connectivity index (χ0n) is 15.7. The average molecular weight is 364 g/mol. The van der Waals surface area contributed by atoms with Crippen LogP contribution < -0.4 is 5.56 Å². The zero-order valence-corrected chi connectivity index (χ0v) is 15.7. The lowest BCUT2D eigenvalue weighted by Crippen LogP contribution is -2.36. The highest BCUT2D eigenvalue weighted by molar-refractivity contribution is 5.94. The maximum absolute atomic E-state index is 13.0. The number of carbonyl (C=O) groups is 1. The predicted molar refractivity (Wildman–Crippen MR) is 107 cm³/mol. The van der Waals surface area contributed by atoms with Gasteiger partial charge in [0, 0.05) is 31.0 Å². The summed E-state index contributed by atoms with van der Waals surface area (Å²) in [4.78, 5) is 31.6. The van der Waals surface area contributed by atoms with Crippen molar-refractivity contribution < 1.29 is 4.79 Å². The van der Waals surface area contributed by atoms with E-state index in [1.807, 2.05) is 49.4 Å². The highest BCUT2D eigenvalue weighted by Gasteiger charge is 2.19. The van der Waals surface area contributed by atoms with Crippen molar-refractivity contribution in [3.05, 3.63) is 75.8 Å². The smallest absolute Gasteiger partial charge is 0.285 e. The lowest BCUT2D eigenvalue weighted by Gasteiger charge is -2.20. The third kappa shape index (κ3) is 4.34. The molecule has 0 fully saturated rings. The van der Waals surface area contributed by atoms with E-state index in [9.17, 15) is 9.59 Å². The van der Waals surface area contributed by atoms with E-state index in [0.29, 0.717) is 18.7 Å². The number of fused-ring (bicyclic) bond motifs is 1. The SMILES string of the molecule is CCCCN(CC=Cc1ccccc1)C(=O)c1cnc2cc(C)[nH]n2c1=O. The van der Waals surface area contributed by atoms with E-state index in [2.05, 4.69) is 17.0 Å². The van der Waals surface area contributed by atoms with Crippen molar-refractivity contribution in [2.45, 2.75) is 26.7 Å². The molecule has 0 aliphatic heterocycles. The number of H-pyrrole nitrogens is 1. The monoisotopic (exact) mass is 364 g/mol. The molecule has 0 radical (unpaired) electrons. The minimum atomic E-state index is -0.369. The first-order valence-corrected chi connectivity index (χ1v) is 9.18. The van der Waals surface area contributed by atoms with E-state index < -0.39 is 0 Å². The molecule has 0 aliphatic rings. The van der Waals surface area contributed by atoms with Gasteiger partial charge >= 0.3 is 0 Å². The maximum atomic E-state index is 13.0. The van der Waals surface area contributed by atoms with Gasteiger partial charge < -0.3 is 4.90 Å². The second kappa shape index (κ2) is 8.49. The number of hydrogen-bond donors (Lipinski definition) is 1. The van der Waals surface area contributed by atoms with Crippen molar-refractivity contribution in [1.29, 1.82) is 0 Å². The number of aromatic amines is 1. The Balaban J connectivity index is 1.83. The van der Waals surface area contributed by atoms with E-state index in [4.69, 9.17) is 0 Å². The molecule has 0 bridgehead atoms. The highest BCUT2D eigenvalue weighted by atomic mass is 16.2. The fraction of sp³-hybridized carbons (Fsp3) is 0.286. The lowest BCUT2D eigenvalue weighted by molar-refractivity contribution is 0.0769. The van der Waals surface area contributed by atoms with Crippen LogP contribution in [0.15, 0.2) is 53.5 Å². The van der Waals surface area contributed by atoms with E-state index in [0.717, 1.165) is 24.1 Å². The van der Waals surface area contributed by atoms with Gasteiger partial charge in [0.2, 0.25) is 0 Å². The van der Waals surface area contributed by atoms with E-state index in [1.54, 1.807) is 11.0 Å². The average Bonchev–Trinajstić information content (AvgIpc) is 3.06. The van der Waals surface area contributed by atoms with Crippen LogP contribution >= 0.6 is 0 Å². The number of hydrogen-bond acceptors (Lipinski definition) is 3. The number of unbranched alkanes of at least 4 members (excludes halogenated alkanes) is 1. The Morgan fingerprint density at radius 1 is 1.30 bits per heavy atom. The molecule has 0 saturated carbocycles. The number of amides is 1. The van der Waals surface area contributed by atoms with Crippen molar-refractivity contribution in [3.63, 3.8) is 0 Å². The molecule has 0 aliphatic carbocycles. The predicted octanol–water partition coefficient (Wildman–Crippen LogP) is 3.29. The molecule has 0 atom stereocenters. The van der Waals surface area contributed by atoms with E-state index >= 15 is 0 Å². The van der Waals surface area contributed by atoms with Crippen molar-refractivity contribution >= 4 is 17.6 Å². The van der Waals surface area contributed by atoms with Crippen LogP contribution in [-0.2, 0) is 0 Å². The van der Waals surface area contributed by atoms with E-state index in [1.165, 1.54) is 10.7 Å². The number of aryl methyl sites for hydroxylation is 1. The summed E-state index contributed by atoms with van der Waals surface area (Å²) < 4.78 is 1.32. The van der Waals surface area contributed by atoms with Crippen LogP contribution in [-0.4, -0.2) is 38.5 Å². The normalized spacial score (nSPS) is 11.3. The molecular weight excluding hydrogens is 340 g/mol. The molecule has 1 amide bonds. The number of rotatable bonds is 7. The van der Waals surface area contributed by atoms with Crippen molar-refractivity contribution in [1.82, 2.24) is 19.5 Å². The van der Waals surface area contributed by atoms with Crippen LogP contribution in [0.5, 0.6) is 0 Å². The van der Waals surface area contributed by atoms with Gasteiger partial charge in [0.05, 0.1) is 0 Å². The van der Waals surface area contributed by atoms with Crippen LogP contribution in [0.1, 0.15) is 41.4 Å². The minimum Gasteiger partial charge on any atom is -0.335 e. The molecule has 3 aromatic rings. The van der Waals surface area contributed by atoms with Crippen LogP contribution in [0.2, 0.25) is 0 Å². The van der Waals surface area contributed by atoms with Gasteiger partial charge in [-0.3, -0.25) is 14.7 Å². The summed E-state index contributed by atoms with van der Waals surface area (Å²) >= 11 is 0. The molecule has 0 saturated heterocycles. The Kier molecular flexibility index (Phi) is 5.86. The molecule has 140 valence electrons. The van der Waals surface area contributed by atoms with E-state index in [-0.39, 0.29) is 17.0 Å². The van der Waals surface area contributed by atoms with Crippen LogP contribution in [0.3, 0.4) is 0 Å². The summed E-state index contributed by atoms with van der Waals surface area (Å²) in [5.74, 6) is -0.291. The van der Waals surface area contributed by atoms with Gasteiger partial charge in [0.1, 0.15) is 5.56 Å². The number of carbonyl (C=O) groups excluding carboxylic acids is 1. The zero-order chi connectivity index (χ0) is 19.2. The third-order valence-corrected chi connectivity index (χ3v) is 4.36. The van der Waals surface area contributed by atoms with Crippen molar-refractivity contribution in [2.75, 3.05) is 13.1 Å². The summed E-state index contributed by atoms with van der Waals surface area (Å²) in [7, 11) is 0. The number of benzene rings is 1. The van der Waals surface area contributed by atoms with Gasteiger partial charge in [0.15, 0.2) is 5.65 Å². The highest BCUT2D eigenvalue weighted by Crippen LogP contribution is 2.07. The first-order valence-electron chi connectivity index (χ1n) is 9.18. The Bertz CT molecular complexity index is 1000. The molecular formula is C21H24N4O2. The quantitative estimate of drug-likeness (QED) is 0.699. The Morgan fingerprint density at radius 2 is 2.07 bits per heavy atom. The molecule has 6 heteroatoms. The van der Waals surface area contributed by atoms with Gasteiger partial charge in [0.25, 0.3) is 11.5 Å². The lowest BCUT2D eigenvalue weighted by atomic mass is 10.2. The topological polar surface area (TPSA) is 70.5 Å². The summed E-state index contributed by atoms with van der Waals surface area (Å²) in [6, 6.07) is 11.7. The molecule has 1 N–H and O–H groups in total. The molecule has 1 aromatic carbocycles. The number of aromatic nitrogens is 3. The molecule has 2 heterocycles. The van der Waals surface area contributed by atoms with Crippen LogP contribution in [0.25, 0.3) is 11.7 Å². The summed E-state index contributed by atoms with van der Waals surface area (Å²) in [6.07, 6.45) is 7.16. The molecule has 0 unspecified atom stereocenters. The first kappa shape index (κ1) is 18.6. The minimum absolute atomic E-state index is 0.0820. The summed E-state index contributed by atoms with van der Waals surface area (Å²) in [5.41, 5.74) is 2.12. The van der Waals surface area contributed by atoms with Gasteiger partial charge in [-0.15, -0.1) is 0 Å². The third-order valence-electron chi connectivity index (χ3n) is 4.36. The summed E-state index contributed by atoms with van der Waals surface area (Å²) in [6.45, 7) is 4.96. The number of nitrogens with zero attached hydrogens (tertiary/aromatic N) is 3. The molecule has 2 aromatic heterocycles. The van der Waals surface area contributed by atoms with Crippen molar-refractivity contribution in [2.24, 2.45) is 0 Å². The molecule has 3 rings (SSSR count). The Labute approximate surface area is 158 Å². The van der Waals surface area contributed by atoms with Crippen LogP contribution in [0.4, 0.5) is 0 Å². The standard InChI is InChI=1S/C21H24N4O2/c1-3-4-12-24(13-8-11-17-9-6-5-7-10-17)20(26)18-15-22-19-14-16(2)23-25(19)21(18)27/h5-11,14-15,23H,3-4,12-13H2,1-2H3. The molecule has 0 spiro atoms. The Morgan fingerprint density at radius 3 is 2.81 bits per heavy atom. The second-order valence-electron chi connectivity index (χ2n) is 6.53. The first-order chi connectivity index (χ1) is 13.1. The van der Waals surface area contributed by atoms with Crippen LogP contribution in [0, 0.1) is 6.92 Å². The number of nitrogens with one attached hydrogen (secondary N) is 1. The van der Waals surface area contributed by atoms with Gasteiger partial charge in [-0.2, -0.15) is 0 Å². The Hall–Kier alpha value is -3.15. The molecule has 6 nitrogen and oxygen atoms in total. The van der Waals surface area contributed by atoms with Gasteiger partial charge in [-0.1, -0.05) is 55.8 Å². The van der Waals surface area contributed by atoms with Crippen molar-refractivity contribution in [3.8, 4) is 0 Å². The largest absolute Gasteiger partial charge is 0.335 e. The van der Waals surface area contributed by atoms with Gasteiger partial charge in [-0.25, -0.2) is 9.50 Å². The van der Waals surface area contributed by atoms with Gasteiger partial charge in [-0.05, 0) is 18.9 Å². The fourth-order valence-electron chi connectivity index (χ4n) is 2.90. The maximum Gasteiger partial charge on any atom is 0.285 e. The summed E-state index contributed by atoms with van der Waals surface area (Å²) in [5, 5.41) is 2.93. The fourth-order valence-corrected chi connectivity index (χ4v) is 2.90. The second-order valence-corrected chi connectivity index (χ2v) is 6.53. The molecule has 27 heavy (non-hydrogen) atoms.